The third-order valence-corrected chi connectivity index (χ3v) is 3.94. The fourth-order valence-electron chi connectivity index (χ4n) is 2.55. The number of carboxylic acid groups (broad SMARTS) is 1. The van der Waals surface area contributed by atoms with Crippen molar-refractivity contribution in [2.75, 3.05) is 6.54 Å². The standard InChI is InChI=1S/C17H22N2O3/c1-11-12(2)19-16-13(11)7-6-8-14(16)17(22)18-10-5-3-4-9-15(20)21/h6-8,19H,3-5,9-10H2,1-2H3,(H,18,22)(H,20,21). The van der Waals surface area contributed by atoms with Crippen molar-refractivity contribution in [3.63, 3.8) is 0 Å². The maximum absolute atomic E-state index is 12.3. The first kappa shape index (κ1) is 16.1. The molecule has 5 nitrogen and oxygen atoms in total. The van der Waals surface area contributed by atoms with Crippen LogP contribution in [0.4, 0.5) is 0 Å². The van der Waals surface area contributed by atoms with Gasteiger partial charge in [-0.3, -0.25) is 9.59 Å². The fourth-order valence-corrected chi connectivity index (χ4v) is 2.55. The van der Waals surface area contributed by atoms with Gasteiger partial charge in [0.2, 0.25) is 0 Å². The zero-order chi connectivity index (χ0) is 16.1. The van der Waals surface area contributed by atoms with Gasteiger partial charge in [-0.1, -0.05) is 18.6 Å². The molecule has 0 fully saturated rings. The number of fused-ring (bicyclic) bond motifs is 1. The molecular formula is C17H22N2O3. The van der Waals surface area contributed by atoms with Crippen LogP contribution in [0.3, 0.4) is 0 Å². The van der Waals surface area contributed by atoms with Crippen molar-refractivity contribution in [2.24, 2.45) is 0 Å². The minimum atomic E-state index is -0.770. The maximum Gasteiger partial charge on any atom is 0.303 e. The van der Waals surface area contributed by atoms with Gasteiger partial charge in [-0.05, 0) is 38.3 Å². The molecule has 1 amide bonds. The number of aliphatic carboxylic acids is 1. The molecule has 1 aromatic carbocycles. The normalized spacial score (nSPS) is 10.8. The zero-order valence-corrected chi connectivity index (χ0v) is 13.0. The number of aryl methyl sites for hydroxylation is 2. The molecule has 2 rings (SSSR count). The maximum atomic E-state index is 12.3. The van der Waals surface area contributed by atoms with Gasteiger partial charge in [-0.15, -0.1) is 0 Å². The van der Waals surface area contributed by atoms with Crippen LogP contribution in [0.1, 0.15) is 47.3 Å². The zero-order valence-electron chi connectivity index (χ0n) is 13.0. The van der Waals surface area contributed by atoms with Crippen molar-refractivity contribution in [2.45, 2.75) is 39.5 Å². The number of carbonyl (C=O) groups excluding carboxylic acids is 1. The van der Waals surface area contributed by atoms with Crippen LogP contribution in [-0.2, 0) is 4.79 Å². The lowest BCUT2D eigenvalue weighted by molar-refractivity contribution is -0.137. The molecule has 2 aromatic rings. The van der Waals surface area contributed by atoms with Crippen LogP contribution >= 0.6 is 0 Å². The lowest BCUT2D eigenvalue weighted by Gasteiger charge is -2.06. The Morgan fingerprint density at radius 2 is 1.95 bits per heavy atom. The van der Waals surface area contributed by atoms with E-state index in [0.29, 0.717) is 18.5 Å². The highest BCUT2D eigenvalue weighted by Crippen LogP contribution is 2.24. The third kappa shape index (κ3) is 3.67. The van der Waals surface area contributed by atoms with Crippen molar-refractivity contribution in [1.29, 1.82) is 0 Å². The molecule has 5 heteroatoms. The smallest absolute Gasteiger partial charge is 0.303 e. The van der Waals surface area contributed by atoms with E-state index in [4.69, 9.17) is 5.11 Å². The molecule has 118 valence electrons. The summed E-state index contributed by atoms with van der Waals surface area (Å²) in [5.74, 6) is -0.863. The average Bonchev–Trinajstić information content (AvgIpc) is 2.77. The molecule has 0 aliphatic carbocycles. The number of H-pyrrole nitrogens is 1. The van der Waals surface area contributed by atoms with Gasteiger partial charge in [0.05, 0.1) is 11.1 Å². The molecule has 22 heavy (non-hydrogen) atoms. The largest absolute Gasteiger partial charge is 0.481 e. The van der Waals surface area contributed by atoms with E-state index in [-0.39, 0.29) is 12.3 Å². The molecule has 0 unspecified atom stereocenters. The Morgan fingerprint density at radius 1 is 1.18 bits per heavy atom. The highest BCUT2D eigenvalue weighted by molar-refractivity contribution is 6.06. The summed E-state index contributed by atoms with van der Waals surface area (Å²) < 4.78 is 0. The van der Waals surface area contributed by atoms with Gasteiger partial charge < -0.3 is 15.4 Å². The van der Waals surface area contributed by atoms with Gasteiger partial charge in [0, 0.05) is 24.0 Å². The van der Waals surface area contributed by atoms with Gasteiger partial charge >= 0.3 is 5.97 Å². The lowest BCUT2D eigenvalue weighted by atomic mass is 10.1. The van der Waals surface area contributed by atoms with Crippen molar-refractivity contribution >= 4 is 22.8 Å². The summed E-state index contributed by atoms with van der Waals surface area (Å²) in [4.78, 5) is 26.0. The van der Waals surface area contributed by atoms with Gasteiger partial charge in [-0.2, -0.15) is 0 Å². The van der Waals surface area contributed by atoms with Crippen LogP contribution in [-0.4, -0.2) is 28.5 Å². The van der Waals surface area contributed by atoms with E-state index in [2.05, 4.69) is 10.3 Å². The van der Waals surface area contributed by atoms with Gasteiger partial charge in [0.1, 0.15) is 0 Å². The second kappa shape index (κ2) is 7.11. The number of unbranched alkanes of at least 4 members (excludes halogenated alkanes) is 2. The van der Waals surface area contributed by atoms with Gasteiger partial charge in [0.25, 0.3) is 5.91 Å². The van der Waals surface area contributed by atoms with Crippen molar-refractivity contribution < 1.29 is 14.7 Å². The predicted molar refractivity (Wildman–Crippen MR) is 86.2 cm³/mol. The molecule has 0 atom stereocenters. The second-order valence-corrected chi connectivity index (χ2v) is 5.56. The fraction of sp³-hybridized carbons (Fsp3) is 0.412. The second-order valence-electron chi connectivity index (χ2n) is 5.56. The molecule has 0 saturated carbocycles. The predicted octanol–water partition coefficient (Wildman–Crippen LogP) is 3.16. The molecule has 3 N–H and O–H groups in total. The molecule has 0 aliphatic heterocycles. The average molecular weight is 302 g/mol. The molecule has 0 bridgehead atoms. The minimum absolute atomic E-state index is 0.0925. The van der Waals surface area contributed by atoms with Crippen LogP contribution in [0.5, 0.6) is 0 Å². The first-order valence-corrected chi connectivity index (χ1v) is 7.58. The van der Waals surface area contributed by atoms with E-state index < -0.39 is 5.97 Å². The molecule has 0 saturated heterocycles. The molecular weight excluding hydrogens is 280 g/mol. The number of nitrogens with one attached hydrogen (secondary N) is 2. The third-order valence-electron chi connectivity index (χ3n) is 3.94. The molecule has 1 heterocycles. The van der Waals surface area contributed by atoms with E-state index in [1.54, 1.807) is 0 Å². The van der Waals surface area contributed by atoms with E-state index >= 15 is 0 Å². The number of aromatic amines is 1. The molecule has 0 spiro atoms. The van der Waals surface area contributed by atoms with E-state index in [1.165, 1.54) is 5.56 Å². The summed E-state index contributed by atoms with van der Waals surface area (Å²) >= 11 is 0. The quantitative estimate of drug-likeness (QED) is 0.687. The molecule has 0 aliphatic rings. The lowest BCUT2D eigenvalue weighted by Crippen LogP contribution is -2.24. The molecule has 0 radical (unpaired) electrons. The number of para-hydroxylation sites is 1. The van der Waals surface area contributed by atoms with E-state index in [0.717, 1.165) is 29.4 Å². The van der Waals surface area contributed by atoms with Crippen LogP contribution in [0.15, 0.2) is 18.2 Å². The summed E-state index contributed by atoms with van der Waals surface area (Å²) in [6.07, 6.45) is 2.43. The Bertz CT molecular complexity index is 689. The number of carbonyl (C=O) groups is 2. The Balaban J connectivity index is 1.93. The van der Waals surface area contributed by atoms with Crippen LogP contribution in [0.25, 0.3) is 10.9 Å². The summed E-state index contributed by atoms with van der Waals surface area (Å²) in [7, 11) is 0. The minimum Gasteiger partial charge on any atom is -0.481 e. The summed E-state index contributed by atoms with van der Waals surface area (Å²) in [5, 5.41) is 12.5. The van der Waals surface area contributed by atoms with Crippen LogP contribution in [0.2, 0.25) is 0 Å². The van der Waals surface area contributed by atoms with Gasteiger partial charge in [0.15, 0.2) is 0 Å². The number of carboxylic acids is 1. The number of amides is 1. The summed E-state index contributed by atoms with van der Waals surface area (Å²) in [5.41, 5.74) is 3.77. The van der Waals surface area contributed by atoms with E-state index in [1.807, 2.05) is 32.0 Å². The number of rotatable bonds is 7. The van der Waals surface area contributed by atoms with Crippen molar-refractivity contribution in [1.82, 2.24) is 10.3 Å². The highest BCUT2D eigenvalue weighted by Gasteiger charge is 2.13. The van der Waals surface area contributed by atoms with Crippen LogP contribution in [0, 0.1) is 13.8 Å². The Hall–Kier alpha value is -2.30. The summed E-state index contributed by atoms with van der Waals surface area (Å²) in [6, 6.07) is 5.72. The first-order chi connectivity index (χ1) is 10.5. The van der Waals surface area contributed by atoms with Crippen molar-refractivity contribution in [3.05, 3.63) is 35.0 Å². The highest BCUT2D eigenvalue weighted by atomic mass is 16.4. The number of benzene rings is 1. The molecule has 1 aromatic heterocycles. The summed E-state index contributed by atoms with van der Waals surface area (Å²) in [6.45, 7) is 4.60. The Kier molecular flexibility index (Phi) is 5.20. The Morgan fingerprint density at radius 3 is 2.68 bits per heavy atom. The van der Waals surface area contributed by atoms with E-state index in [9.17, 15) is 9.59 Å². The number of hydrogen-bond donors (Lipinski definition) is 3. The SMILES string of the molecule is Cc1[nH]c2c(C(=O)NCCCCCC(=O)O)cccc2c1C. The van der Waals surface area contributed by atoms with Crippen molar-refractivity contribution in [3.8, 4) is 0 Å². The topological polar surface area (TPSA) is 82.2 Å². The monoisotopic (exact) mass is 302 g/mol. The Labute approximate surface area is 129 Å². The van der Waals surface area contributed by atoms with Gasteiger partial charge in [-0.25, -0.2) is 0 Å². The number of hydrogen-bond acceptors (Lipinski definition) is 2. The first-order valence-electron chi connectivity index (χ1n) is 7.58. The number of aromatic nitrogens is 1. The van der Waals surface area contributed by atoms with Crippen LogP contribution < -0.4 is 5.32 Å².